The normalized spacial score (nSPS) is 19.4. The van der Waals surface area contributed by atoms with Gasteiger partial charge in [-0.1, -0.05) is 30.3 Å². The summed E-state index contributed by atoms with van der Waals surface area (Å²) in [4.78, 5) is 27.9. The number of likely N-dealkylation sites (tertiary alicyclic amines) is 1. The van der Waals surface area contributed by atoms with Crippen LogP contribution in [0.1, 0.15) is 34.0 Å². The number of carbonyl (C=O) groups excluding carboxylic acids is 1. The van der Waals surface area contributed by atoms with Crippen LogP contribution in [0.5, 0.6) is 0 Å². The lowest BCUT2D eigenvalue weighted by molar-refractivity contribution is 0.0594. The average molecular weight is 482 g/mol. The van der Waals surface area contributed by atoms with Gasteiger partial charge in [-0.3, -0.25) is 14.3 Å². The van der Waals surface area contributed by atoms with Crippen molar-refractivity contribution in [3.8, 4) is 0 Å². The molecule has 1 N–H and O–H groups in total. The molecule has 3 aromatic rings. The highest BCUT2D eigenvalue weighted by Gasteiger charge is 2.37. The van der Waals surface area contributed by atoms with Crippen molar-refractivity contribution in [2.24, 2.45) is 5.92 Å². The van der Waals surface area contributed by atoms with Crippen molar-refractivity contribution in [1.82, 2.24) is 9.47 Å². The summed E-state index contributed by atoms with van der Waals surface area (Å²) in [5, 5.41) is 0. The lowest BCUT2D eigenvalue weighted by Gasteiger charge is -2.43. The number of carbonyl (C=O) groups is 1. The van der Waals surface area contributed by atoms with Crippen LogP contribution in [0.15, 0.2) is 71.5 Å². The van der Waals surface area contributed by atoms with Gasteiger partial charge in [-0.2, -0.15) is 0 Å². The second-order valence-electron chi connectivity index (χ2n) is 8.95. The Morgan fingerprint density at radius 1 is 0.971 bits per heavy atom. The summed E-state index contributed by atoms with van der Waals surface area (Å²) in [5.74, 6) is -0.726. The van der Waals surface area contributed by atoms with Gasteiger partial charge < -0.3 is 9.47 Å². The Morgan fingerprint density at radius 2 is 1.71 bits per heavy atom. The number of hydrogen-bond donors (Lipinski definition) is 1. The van der Waals surface area contributed by atoms with E-state index in [0.29, 0.717) is 30.8 Å². The van der Waals surface area contributed by atoms with E-state index in [0.717, 1.165) is 12.1 Å². The van der Waals surface area contributed by atoms with Crippen LogP contribution in [-0.2, 0) is 22.3 Å². The minimum absolute atomic E-state index is 0.0268. The molecule has 3 heterocycles. The molecular weight excluding hydrogens is 457 g/mol. The molecule has 2 aliphatic heterocycles. The number of anilines is 1. The standard InChI is InChI=1S/C25H24FN3O4S/c26-21-8-6-19(7-9-21)24(30)28-13-18-12-20(15-28)23-11-10-22(25(31)29(23)14-18)27-34(32,33)16-17-4-2-1-3-5-17/h1-11,18,20,27H,12-16H2/t18-,20-/m1/s1. The molecule has 7 nitrogen and oxygen atoms in total. The molecule has 176 valence electrons. The van der Waals surface area contributed by atoms with E-state index in [1.165, 1.54) is 30.3 Å². The maximum Gasteiger partial charge on any atom is 0.275 e. The summed E-state index contributed by atoms with van der Waals surface area (Å²) in [7, 11) is -3.75. The van der Waals surface area contributed by atoms with Crippen molar-refractivity contribution < 1.29 is 17.6 Å². The molecule has 0 radical (unpaired) electrons. The number of piperidine rings is 1. The molecule has 2 aliphatic rings. The van der Waals surface area contributed by atoms with Crippen LogP contribution < -0.4 is 10.3 Å². The Hall–Kier alpha value is -3.46. The number of rotatable bonds is 5. The van der Waals surface area contributed by atoms with Gasteiger partial charge >= 0.3 is 0 Å². The van der Waals surface area contributed by atoms with E-state index in [9.17, 15) is 22.4 Å². The fraction of sp³-hybridized carbons (Fsp3) is 0.280. The molecule has 1 amide bonds. The first-order valence-electron chi connectivity index (χ1n) is 11.1. The second-order valence-corrected chi connectivity index (χ2v) is 10.7. The maximum atomic E-state index is 13.2. The van der Waals surface area contributed by atoms with E-state index >= 15 is 0 Å². The first kappa shape index (κ1) is 22.3. The Morgan fingerprint density at radius 3 is 2.44 bits per heavy atom. The number of nitrogens with one attached hydrogen (secondary N) is 1. The molecule has 34 heavy (non-hydrogen) atoms. The molecule has 5 rings (SSSR count). The second kappa shape index (κ2) is 8.72. The van der Waals surface area contributed by atoms with E-state index in [2.05, 4.69) is 4.72 Å². The van der Waals surface area contributed by atoms with Crippen LogP contribution in [0.4, 0.5) is 10.1 Å². The quantitative estimate of drug-likeness (QED) is 0.606. The number of hydrogen-bond acceptors (Lipinski definition) is 4. The van der Waals surface area contributed by atoms with Crippen molar-refractivity contribution >= 4 is 21.6 Å². The Balaban J connectivity index is 1.36. The van der Waals surface area contributed by atoms with Gasteiger partial charge in [-0.05, 0) is 54.3 Å². The SMILES string of the molecule is O=C(c1ccc(F)cc1)N1C[C@H]2C[C@H](C1)c1ccc(NS(=O)(=O)Cc3ccccc3)c(=O)n1C2. The third kappa shape index (κ3) is 4.48. The number of halogens is 1. The van der Waals surface area contributed by atoms with Crippen molar-refractivity contribution in [3.05, 3.63) is 99.7 Å². The molecule has 2 bridgehead atoms. The number of benzene rings is 2. The van der Waals surface area contributed by atoms with Gasteiger partial charge in [0.15, 0.2) is 0 Å². The lowest BCUT2D eigenvalue weighted by atomic mass is 9.83. The van der Waals surface area contributed by atoms with Crippen molar-refractivity contribution in [1.29, 1.82) is 0 Å². The fourth-order valence-corrected chi connectivity index (χ4v) is 6.16. The van der Waals surface area contributed by atoms with Gasteiger partial charge in [-0.25, -0.2) is 12.8 Å². The minimum atomic E-state index is -3.75. The molecular formula is C25H24FN3O4S. The molecule has 2 aromatic carbocycles. The highest BCUT2D eigenvalue weighted by molar-refractivity contribution is 7.91. The summed E-state index contributed by atoms with van der Waals surface area (Å²) >= 11 is 0. The van der Waals surface area contributed by atoms with Gasteiger partial charge in [0, 0.05) is 36.8 Å². The fourth-order valence-electron chi connectivity index (χ4n) is 4.96. The van der Waals surface area contributed by atoms with Crippen LogP contribution in [0.3, 0.4) is 0 Å². The molecule has 0 aliphatic carbocycles. The highest BCUT2D eigenvalue weighted by Crippen LogP contribution is 2.36. The zero-order chi connectivity index (χ0) is 23.9. The average Bonchev–Trinajstić information content (AvgIpc) is 2.81. The van der Waals surface area contributed by atoms with Crippen LogP contribution >= 0.6 is 0 Å². The van der Waals surface area contributed by atoms with Crippen LogP contribution in [0, 0.1) is 11.7 Å². The van der Waals surface area contributed by atoms with Crippen LogP contribution in [0.25, 0.3) is 0 Å². The Bertz CT molecular complexity index is 1390. The number of nitrogens with zero attached hydrogens (tertiary/aromatic N) is 2. The predicted molar refractivity (Wildman–Crippen MR) is 127 cm³/mol. The largest absolute Gasteiger partial charge is 0.338 e. The molecule has 0 spiro atoms. The smallest absolute Gasteiger partial charge is 0.275 e. The van der Waals surface area contributed by atoms with Crippen molar-refractivity contribution in [2.45, 2.75) is 24.6 Å². The van der Waals surface area contributed by atoms with Crippen molar-refractivity contribution in [2.75, 3.05) is 17.8 Å². The summed E-state index contributed by atoms with van der Waals surface area (Å²) in [6.07, 6.45) is 0.853. The summed E-state index contributed by atoms with van der Waals surface area (Å²) < 4.78 is 42.6. The van der Waals surface area contributed by atoms with E-state index in [-0.39, 0.29) is 34.7 Å². The zero-order valence-electron chi connectivity index (χ0n) is 18.4. The van der Waals surface area contributed by atoms with Crippen LogP contribution in [-0.4, -0.2) is 36.9 Å². The van der Waals surface area contributed by atoms with E-state index in [1.54, 1.807) is 39.8 Å². The highest BCUT2D eigenvalue weighted by atomic mass is 32.2. The predicted octanol–water partition coefficient (Wildman–Crippen LogP) is 3.19. The summed E-state index contributed by atoms with van der Waals surface area (Å²) in [6.45, 7) is 1.35. The van der Waals surface area contributed by atoms with E-state index < -0.39 is 15.8 Å². The molecule has 0 unspecified atom stereocenters. The molecule has 1 saturated heterocycles. The molecule has 2 atom stereocenters. The molecule has 1 aromatic heterocycles. The molecule has 1 fully saturated rings. The first-order chi connectivity index (χ1) is 16.3. The summed E-state index contributed by atoms with van der Waals surface area (Å²) in [6, 6.07) is 17.6. The monoisotopic (exact) mass is 481 g/mol. The summed E-state index contributed by atoms with van der Waals surface area (Å²) in [5.41, 5.74) is 1.51. The third-order valence-electron chi connectivity index (χ3n) is 6.45. The van der Waals surface area contributed by atoms with Gasteiger partial charge in [0.2, 0.25) is 10.0 Å². The van der Waals surface area contributed by atoms with Crippen molar-refractivity contribution in [3.63, 3.8) is 0 Å². The maximum absolute atomic E-state index is 13.2. The Labute approximate surface area is 196 Å². The Kier molecular flexibility index (Phi) is 5.73. The first-order valence-corrected chi connectivity index (χ1v) is 12.8. The minimum Gasteiger partial charge on any atom is -0.338 e. The molecule has 0 saturated carbocycles. The van der Waals surface area contributed by atoms with Gasteiger partial charge in [-0.15, -0.1) is 0 Å². The number of amides is 1. The van der Waals surface area contributed by atoms with E-state index in [1.807, 2.05) is 6.07 Å². The third-order valence-corrected chi connectivity index (χ3v) is 7.69. The van der Waals surface area contributed by atoms with E-state index in [4.69, 9.17) is 0 Å². The van der Waals surface area contributed by atoms with Crippen LogP contribution in [0.2, 0.25) is 0 Å². The number of fused-ring (bicyclic) bond motifs is 4. The lowest BCUT2D eigenvalue weighted by Crippen LogP contribution is -2.49. The van der Waals surface area contributed by atoms with Gasteiger partial charge in [0.1, 0.15) is 11.5 Å². The number of pyridine rings is 1. The molecule has 9 heteroatoms. The number of sulfonamides is 1. The number of aromatic nitrogens is 1. The zero-order valence-corrected chi connectivity index (χ0v) is 19.2. The van der Waals surface area contributed by atoms with Gasteiger partial charge in [0.25, 0.3) is 11.5 Å². The topological polar surface area (TPSA) is 88.5 Å². The van der Waals surface area contributed by atoms with Gasteiger partial charge in [0.05, 0.1) is 5.75 Å².